The Morgan fingerprint density at radius 2 is 1.93 bits per heavy atom. The van der Waals surface area contributed by atoms with Crippen molar-refractivity contribution < 1.29 is 0 Å². The molecule has 0 saturated carbocycles. The van der Waals surface area contributed by atoms with Gasteiger partial charge in [0.15, 0.2) is 0 Å². The molecule has 0 aromatic carbocycles. The molecule has 3 nitrogen and oxygen atoms in total. The zero-order valence-corrected chi connectivity index (χ0v) is 10.8. The summed E-state index contributed by atoms with van der Waals surface area (Å²) in [5.74, 6) is 0. The summed E-state index contributed by atoms with van der Waals surface area (Å²) in [5.41, 5.74) is 0.348. The third kappa shape index (κ3) is 4.09. The number of nitrogens with one attached hydrogen (secondary N) is 1. The minimum absolute atomic E-state index is 0.348. The molecule has 0 amide bonds. The fourth-order valence-corrected chi connectivity index (χ4v) is 2.17. The van der Waals surface area contributed by atoms with E-state index in [1.165, 1.54) is 39.0 Å². The lowest BCUT2D eigenvalue weighted by molar-refractivity contribution is 0.0394. The first kappa shape index (κ1) is 12.9. The van der Waals surface area contributed by atoms with Gasteiger partial charge in [-0.25, -0.2) is 0 Å². The first-order chi connectivity index (χ1) is 7.06. The second-order valence-corrected chi connectivity index (χ2v) is 5.32. The monoisotopic (exact) mass is 213 g/mol. The molecule has 0 aliphatic carbocycles. The van der Waals surface area contributed by atoms with Crippen molar-refractivity contribution in [3.8, 4) is 0 Å². The lowest BCUT2D eigenvalue weighted by Gasteiger charge is -2.45. The molecule has 90 valence electrons. The zero-order valence-electron chi connectivity index (χ0n) is 10.8. The van der Waals surface area contributed by atoms with Gasteiger partial charge in [-0.3, -0.25) is 4.90 Å². The fourth-order valence-electron chi connectivity index (χ4n) is 2.17. The number of hydrogen-bond donors (Lipinski definition) is 1. The van der Waals surface area contributed by atoms with Crippen molar-refractivity contribution in [1.82, 2.24) is 15.1 Å². The van der Waals surface area contributed by atoms with E-state index in [1.54, 1.807) is 0 Å². The van der Waals surface area contributed by atoms with Crippen LogP contribution in [0.4, 0.5) is 0 Å². The predicted molar refractivity (Wildman–Crippen MR) is 66.3 cm³/mol. The minimum Gasteiger partial charge on any atom is -0.320 e. The lowest BCUT2D eigenvalue weighted by Crippen LogP contribution is -2.57. The summed E-state index contributed by atoms with van der Waals surface area (Å²) in [6.07, 6.45) is 2.61. The predicted octanol–water partition coefficient (Wildman–Crippen LogP) is 1.01. The first-order valence-electron chi connectivity index (χ1n) is 6.14. The third-order valence-corrected chi connectivity index (χ3v) is 3.55. The highest BCUT2D eigenvalue weighted by molar-refractivity contribution is 4.87. The van der Waals surface area contributed by atoms with Gasteiger partial charge in [0, 0.05) is 25.2 Å². The van der Waals surface area contributed by atoms with Crippen LogP contribution >= 0.6 is 0 Å². The molecule has 1 aliphatic rings. The van der Waals surface area contributed by atoms with Crippen molar-refractivity contribution in [2.24, 2.45) is 0 Å². The Bertz CT molecular complexity index is 180. The van der Waals surface area contributed by atoms with Gasteiger partial charge in [-0.1, -0.05) is 0 Å². The van der Waals surface area contributed by atoms with Gasteiger partial charge in [-0.05, 0) is 53.9 Å². The third-order valence-electron chi connectivity index (χ3n) is 3.55. The normalized spacial score (nSPS) is 23.2. The van der Waals surface area contributed by atoms with E-state index in [9.17, 15) is 0 Å². The van der Waals surface area contributed by atoms with E-state index in [0.717, 1.165) is 6.54 Å². The molecule has 15 heavy (non-hydrogen) atoms. The highest BCUT2D eigenvalue weighted by atomic mass is 15.3. The van der Waals surface area contributed by atoms with Gasteiger partial charge in [-0.2, -0.15) is 0 Å². The fraction of sp³-hybridized carbons (Fsp3) is 1.00. The Balaban J connectivity index is 2.21. The van der Waals surface area contributed by atoms with E-state index < -0.39 is 0 Å². The van der Waals surface area contributed by atoms with E-state index in [1.807, 2.05) is 7.05 Å². The molecular weight excluding hydrogens is 186 g/mol. The highest BCUT2D eigenvalue weighted by Gasteiger charge is 2.30. The lowest BCUT2D eigenvalue weighted by atomic mass is 9.99. The van der Waals surface area contributed by atoms with Crippen LogP contribution in [0.25, 0.3) is 0 Å². The average Bonchev–Trinajstić information content (AvgIpc) is 2.18. The van der Waals surface area contributed by atoms with Crippen molar-refractivity contribution >= 4 is 0 Å². The van der Waals surface area contributed by atoms with Crippen LogP contribution in [0.15, 0.2) is 0 Å². The molecule has 1 saturated heterocycles. The molecule has 0 bridgehead atoms. The largest absolute Gasteiger partial charge is 0.320 e. The second kappa shape index (κ2) is 5.83. The molecule has 0 unspecified atom stereocenters. The van der Waals surface area contributed by atoms with Gasteiger partial charge in [0.05, 0.1) is 0 Å². The first-order valence-corrected chi connectivity index (χ1v) is 6.14. The van der Waals surface area contributed by atoms with Crippen LogP contribution < -0.4 is 5.32 Å². The maximum absolute atomic E-state index is 3.20. The van der Waals surface area contributed by atoms with Crippen LogP contribution in [0.3, 0.4) is 0 Å². The van der Waals surface area contributed by atoms with Crippen LogP contribution in [0.5, 0.6) is 0 Å². The van der Waals surface area contributed by atoms with Gasteiger partial charge in [0.25, 0.3) is 0 Å². The Hall–Kier alpha value is -0.120. The molecule has 0 aromatic rings. The second-order valence-electron chi connectivity index (χ2n) is 5.32. The van der Waals surface area contributed by atoms with Crippen molar-refractivity contribution in [3.63, 3.8) is 0 Å². The number of nitrogens with zero attached hydrogens (tertiary/aromatic N) is 2. The van der Waals surface area contributed by atoms with E-state index in [-0.39, 0.29) is 0 Å². The summed E-state index contributed by atoms with van der Waals surface area (Å²) in [7, 11) is 4.26. The number of likely N-dealkylation sites (N-methyl/N-ethyl adjacent to an activating group) is 1. The van der Waals surface area contributed by atoms with E-state index >= 15 is 0 Å². The summed E-state index contributed by atoms with van der Waals surface area (Å²) >= 11 is 0. The van der Waals surface area contributed by atoms with Crippen LogP contribution in [0.1, 0.15) is 26.7 Å². The molecule has 1 heterocycles. The topological polar surface area (TPSA) is 18.5 Å². The van der Waals surface area contributed by atoms with Crippen LogP contribution in [-0.4, -0.2) is 62.2 Å². The molecule has 0 aromatic heterocycles. The molecule has 0 atom stereocenters. The van der Waals surface area contributed by atoms with Gasteiger partial charge < -0.3 is 10.2 Å². The van der Waals surface area contributed by atoms with Crippen LogP contribution in [-0.2, 0) is 0 Å². The van der Waals surface area contributed by atoms with E-state index in [0.29, 0.717) is 5.54 Å². The Kier molecular flexibility index (Phi) is 5.03. The maximum Gasteiger partial charge on any atom is 0.0277 e. The summed E-state index contributed by atoms with van der Waals surface area (Å²) in [5, 5.41) is 3.20. The average molecular weight is 213 g/mol. The molecule has 1 fully saturated rings. The van der Waals surface area contributed by atoms with Gasteiger partial charge >= 0.3 is 0 Å². The zero-order chi connectivity index (χ0) is 11.3. The molecule has 1 N–H and O–H groups in total. The number of hydrogen-bond acceptors (Lipinski definition) is 3. The van der Waals surface area contributed by atoms with Gasteiger partial charge in [-0.15, -0.1) is 0 Å². The highest BCUT2D eigenvalue weighted by Crippen LogP contribution is 2.18. The minimum atomic E-state index is 0.348. The van der Waals surface area contributed by atoms with E-state index in [4.69, 9.17) is 0 Å². The quantitative estimate of drug-likeness (QED) is 0.688. The molecule has 0 spiro atoms. The van der Waals surface area contributed by atoms with Crippen molar-refractivity contribution in [2.45, 2.75) is 32.2 Å². The summed E-state index contributed by atoms with van der Waals surface area (Å²) in [6.45, 7) is 10.7. The number of piperazine rings is 1. The van der Waals surface area contributed by atoms with Crippen LogP contribution in [0, 0.1) is 0 Å². The Labute approximate surface area is 94.8 Å². The van der Waals surface area contributed by atoms with Gasteiger partial charge in [0.1, 0.15) is 0 Å². The molecule has 0 radical (unpaired) electrons. The Morgan fingerprint density at radius 1 is 1.20 bits per heavy atom. The molecule has 1 rings (SSSR count). The SMILES string of the molecule is CNCCCCN1CCN(C)C(C)(C)C1. The summed E-state index contributed by atoms with van der Waals surface area (Å²) in [4.78, 5) is 5.08. The summed E-state index contributed by atoms with van der Waals surface area (Å²) < 4.78 is 0. The number of rotatable bonds is 5. The van der Waals surface area contributed by atoms with Crippen molar-refractivity contribution in [2.75, 3.05) is 46.8 Å². The maximum atomic E-state index is 3.20. The standard InChI is InChI=1S/C12H27N3/c1-12(2)11-15(10-9-14(12)4)8-6-5-7-13-3/h13H,5-11H2,1-4H3. The van der Waals surface area contributed by atoms with Crippen LogP contribution in [0.2, 0.25) is 0 Å². The van der Waals surface area contributed by atoms with E-state index in [2.05, 4.69) is 36.0 Å². The smallest absolute Gasteiger partial charge is 0.0277 e. The molecule has 3 heteroatoms. The summed E-state index contributed by atoms with van der Waals surface area (Å²) in [6, 6.07) is 0. The number of unbranched alkanes of at least 4 members (excludes halogenated alkanes) is 1. The Morgan fingerprint density at radius 3 is 2.53 bits per heavy atom. The van der Waals surface area contributed by atoms with Crippen molar-refractivity contribution in [1.29, 1.82) is 0 Å². The van der Waals surface area contributed by atoms with Crippen molar-refractivity contribution in [3.05, 3.63) is 0 Å². The van der Waals surface area contributed by atoms with Gasteiger partial charge in [0.2, 0.25) is 0 Å². The molecular formula is C12H27N3. The molecule has 1 aliphatic heterocycles.